The monoisotopic (exact) mass is 488 g/mol. The number of hydrogen-bond donors (Lipinski definition) is 1. The first-order valence-electron chi connectivity index (χ1n) is 10.6. The Bertz CT molecular complexity index is 1470. The molecule has 5 rings (SSSR count). The van der Waals surface area contributed by atoms with Crippen molar-refractivity contribution in [3.05, 3.63) is 105 Å². The third kappa shape index (κ3) is 4.40. The van der Waals surface area contributed by atoms with E-state index in [9.17, 15) is 9.59 Å². The average molecular weight is 489 g/mol. The van der Waals surface area contributed by atoms with E-state index in [1.54, 1.807) is 41.6 Å². The van der Waals surface area contributed by atoms with Gasteiger partial charge in [0.2, 0.25) is 0 Å². The average Bonchev–Trinajstić information content (AvgIpc) is 3.45. The molecule has 34 heavy (non-hydrogen) atoms. The Morgan fingerprint density at radius 1 is 1.12 bits per heavy atom. The van der Waals surface area contributed by atoms with Gasteiger partial charge in [0.05, 0.1) is 29.8 Å². The molecule has 1 aromatic carbocycles. The number of benzene rings is 1. The van der Waals surface area contributed by atoms with Crippen LogP contribution in [0, 0.1) is 6.92 Å². The molecule has 4 aromatic rings. The fraction of sp³-hybridized carbons (Fsp3) is 0.120. The lowest BCUT2D eigenvalue weighted by Gasteiger charge is -2.14. The second-order valence-corrected chi connectivity index (χ2v) is 9.47. The summed E-state index contributed by atoms with van der Waals surface area (Å²) in [5.41, 5.74) is 2.63. The lowest BCUT2D eigenvalue weighted by molar-refractivity contribution is -0.122. The van der Waals surface area contributed by atoms with E-state index >= 15 is 0 Å². The van der Waals surface area contributed by atoms with E-state index in [2.05, 4.69) is 10.3 Å². The number of carbonyl (C=O) groups excluding carboxylic acids is 1. The largest absolute Gasteiger partial charge is 0.467 e. The molecule has 170 valence electrons. The molecule has 0 spiro atoms. The van der Waals surface area contributed by atoms with Gasteiger partial charge in [0, 0.05) is 6.20 Å². The molecule has 9 heteroatoms. The molecule has 0 radical (unpaired) electrons. The normalized spacial score (nSPS) is 15.0. The Balaban J connectivity index is 1.50. The molecule has 3 aromatic heterocycles. The number of nitrogens with zero attached hydrogens (tertiary/aromatic N) is 3. The van der Waals surface area contributed by atoms with Gasteiger partial charge in [-0.1, -0.05) is 59.9 Å². The first-order chi connectivity index (χ1) is 16.5. The standard InChI is InChI=1S/C25H20N4O3S2/c1-16-7-9-17(10-8-16)15-29-24(31)20(34-25(29)33)13-19-22(26-14-18-5-4-12-32-18)27-21-6-2-3-11-28(21)23(19)30/h2-13,26H,14-15H2,1H3/b20-13-. The Morgan fingerprint density at radius 3 is 2.71 bits per heavy atom. The zero-order chi connectivity index (χ0) is 23.7. The second kappa shape index (κ2) is 9.28. The number of aryl methyl sites for hydroxylation is 1. The summed E-state index contributed by atoms with van der Waals surface area (Å²) in [6.07, 6.45) is 4.81. The van der Waals surface area contributed by atoms with Crippen LogP contribution in [0.3, 0.4) is 0 Å². The molecule has 1 amide bonds. The van der Waals surface area contributed by atoms with Gasteiger partial charge in [-0.3, -0.25) is 18.9 Å². The van der Waals surface area contributed by atoms with Gasteiger partial charge < -0.3 is 9.73 Å². The van der Waals surface area contributed by atoms with E-state index < -0.39 is 0 Å². The molecule has 0 bridgehead atoms. The maximum absolute atomic E-state index is 13.3. The number of aromatic nitrogens is 2. The van der Waals surface area contributed by atoms with E-state index in [0.717, 1.165) is 11.1 Å². The molecule has 0 saturated carbocycles. The molecular formula is C25H20N4O3S2. The minimum absolute atomic E-state index is 0.231. The molecule has 4 heterocycles. The highest BCUT2D eigenvalue weighted by molar-refractivity contribution is 8.26. The summed E-state index contributed by atoms with van der Waals surface area (Å²) in [5.74, 6) is 0.840. The number of fused-ring (bicyclic) bond motifs is 1. The fourth-order valence-electron chi connectivity index (χ4n) is 3.60. The summed E-state index contributed by atoms with van der Waals surface area (Å²) in [6.45, 7) is 2.73. The number of thioether (sulfide) groups is 1. The van der Waals surface area contributed by atoms with Crippen LogP contribution in [0.25, 0.3) is 11.7 Å². The number of carbonyl (C=O) groups is 1. The molecule has 1 N–H and O–H groups in total. The van der Waals surface area contributed by atoms with Crippen LogP contribution in [-0.2, 0) is 17.9 Å². The van der Waals surface area contributed by atoms with Crippen molar-refractivity contribution in [2.45, 2.75) is 20.0 Å². The smallest absolute Gasteiger partial charge is 0.267 e. The van der Waals surface area contributed by atoms with E-state index in [0.29, 0.717) is 39.5 Å². The predicted octanol–water partition coefficient (Wildman–Crippen LogP) is 4.61. The molecule has 1 aliphatic rings. The van der Waals surface area contributed by atoms with Gasteiger partial charge in [0.25, 0.3) is 11.5 Å². The fourth-order valence-corrected chi connectivity index (χ4v) is 4.83. The van der Waals surface area contributed by atoms with Crippen molar-refractivity contribution in [2.24, 2.45) is 0 Å². The number of furan rings is 1. The van der Waals surface area contributed by atoms with E-state index in [4.69, 9.17) is 16.6 Å². The van der Waals surface area contributed by atoms with Gasteiger partial charge in [-0.15, -0.1) is 0 Å². The molecule has 1 saturated heterocycles. The molecule has 0 aliphatic carbocycles. The van der Waals surface area contributed by atoms with Crippen molar-refractivity contribution in [3.8, 4) is 0 Å². The Labute approximate surface area is 205 Å². The Kier molecular flexibility index (Phi) is 6.04. The van der Waals surface area contributed by atoms with Crippen LogP contribution < -0.4 is 10.9 Å². The SMILES string of the molecule is Cc1ccc(CN2C(=O)/C(=C/c3c(NCc4ccco4)nc4ccccn4c3=O)SC2=S)cc1. The van der Waals surface area contributed by atoms with E-state index in [1.807, 2.05) is 43.3 Å². The number of rotatable bonds is 6. The van der Waals surface area contributed by atoms with Crippen LogP contribution in [0.4, 0.5) is 5.82 Å². The molecular weight excluding hydrogens is 468 g/mol. The second-order valence-electron chi connectivity index (χ2n) is 7.79. The van der Waals surface area contributed by atoms with Crippen LogP contribution >= 0.6 is 24.0 Å². The van der Waals surface area contributed by atoms with Crippen LogP contribution in [0.1, 0.15) is 22.5 Å². The summed E-state index contributed by atoms with van der Waals surface area (Å²) in [7, 11) is 0. The number of thiocarbonyl (C=S) groups is 1. The zero-order valence-corrected chi connectivity index (χ0v) is 19.9. The van der Waals surface area contributed by atoms with Crippen molar-refractivity contribution in [2.75, 3.05) is 5.32 Å². The highest BCUT2D eigenvalue weighted by Crippen LogP contribution is 2.34. The van der Waals surface area contributed by atoms with Gasteiger partial charge in [-0.05, 0) is 42.8 Å². The molecule has 0 atom stereocenters. The lowest BCUT2D eigenvalue weighted by atomic mass is 10.1. The van der Waals surface area contributed by atoms with Gasteiger partial charge >= 0.3 is 0 Å². The first kappa shape index (κ1) is 22.1. The topological polar surface area (TPSA) is 79.8 Å². The number of anilines is 1. The van der Waals surface area contributed by atoms with Crippen LogP contribution in [0.15, 0.2) is 81.2 Å². The van der Waals surface area contributed by atoms with Crippen molar-refractivity contribution in [1.82, 2.24) is 14.3 Å². The number of pyridine rings is 1. The predicted molar refractivity (Wildman–Crippen MR) is 137 cm³/mol. The molecule has 7 nitrogen and oxygen atoms in total. The van der Waals surface area contributed by atoms with E-state index in [-0.39, 0.29) is 17.0 Å². The summed E-state index contributed by atoms with van der Waals surface area (Å²) in [4.78, 5) is 33.1. The quantitative estimate of drug-likeness (QED) is 0.314. The van der Waals surface area contributed by atoms with Gasteiger partial charge in [-0.25, -0.2) is 4.98 Å². The van der Waals surface area contributed by atoms with E-state index in [1.165, 1.54) is 16.2 Å². The molecule has 1 fully saturated rings. The minimum atomic E-state index is -0.281. The number of nitrogens with one attached hydrogen (secondary N) is 1. The summed E-state index contributed by atoms with van der Waals surface area (Å²) < 4.78 is 7.29. The number of hydrogen-bond acceptors (Lipinski definition) is 7. The Hall–Kier alpha value is -3.69. The van der Waals surface area contributed by atoms with Crippen molar-refractivity contribution in [3.63, 3.8) is 0 Å². The summed E-state index contributed by atoms with van der Waals surface area (Å²) in [5, 5.41) is 3.18. The van der Waals surface area contributed by atoms with Crippen LogP contribution in [0.2, 0.25) is 0 Å². The third-order valence-electron chi connectivity index (χ3n) is 5.39. The zero-order valence-electron chi connectivity index (χ0n) is 18.2. The highest BCUT2D eigenvalue weighted by atomic mass is 32.2. The third-order valence-corrected chi connectivity index (χ3v) is 6.77. The Morgan fingerprint density at radius 2 is 1.94 bits per heavy atom. The minimum Gasteiger partial charge on any atom is -0.467 e. The maximum atomic E-state index is 13.3. The van der Waals surface area contributed by atoms with Crippen LogP contribution in [0.5, 0.6) is 0 Å². The van der Waals surface area contributed by atoms with Crippen LogP contribution in [-0.4, -0.2) is 24.5 Å². The van der Waals surface area contributed by atoms with Crippen molar-refractivity contribution < 1.29 is 9.21 Å². The lowest BCUT2D eigenvalue weighted by Crippen LogP contribution is -2.27. The molecule has 1 aliphatic heterocycles. The summed E-state index contributed by atoms with van der Waals surface area (Å²) >= 11 is 6.67. The van der Waals surface area contributed by atoms with Gasteiger partial charge in [0.15, 0.2) is 0 Å². The van der Waals surface area contributed by atoms with Crippen molar-refractivity contribution >= 4 is 51.7 Å². The molecule has 0 unspecified atom stereocenters. The summed E-state index contributed by atoms with van der Waals surface area (Å²) in [6, 6.07) is 16.9. The van der Waals surface area contributed by atoms with Gasteiger partial charge in [-0.2, -0.15) is 0 Å². The first-order valence-corrected chi connectivity index (χ1v) is 11.8. The van der Waals surface area contributed by atoms with Gasteiger partial charge in [0.1, 0.15) is 21.5 Å². The number of amides is 1. The maximum Gasteiger partial charge on any atom is 0.267 e. The highest BCUT2D eigenvalue weighted by Gasteiger charge is 2.32. The van der Waals surface area contributed by atoms with Crippen molar-refractivity contribution in [1.29, 1.82) is 0 Å².